The standard InChI is InChI=1S/C15H23N3O2/c1-4-5-10-14(20)18-13-9-7-6-8-12(13)15(2,16-3)17-11-19/h6-9,11,16H,4-5,10H2,1-3H3,(H,17,19)(H,18,20). The van der Waals surface area contributed by atoms with Gasteiger partial charge >= 0.3 is 0 Å². The largest absolute Gasteiger partial charge is 0.337 e. The Morgan fingerprint density at radius 2 is 2.05 bits per heavy atom. The molecule has 0 heterocycles. The van der Waals surface area contributed by atoms with Crippen LogP contribution in [0.1, 0.15) is 38.7 Å². The average molecular weight is 277 g/mol. The lowest BCUT2D eigenvalue weighted by Crippen LogP contribution is -2.49. The van der Waals surface area contributed by atoms with Crippen molar-refractivity contribution in [1.29, 1.82) is 0 Å². The number of hydrogen-bond donors (Lipinski definition) is 3. The van der Waals surface area contributed by atoms with Gasteiger partial charge < -0.3 is 10.6 Å². The summed E-state index contributed by atoms with van der Waals surface area (Å²) in [5.74, 6) is -0.0103. The summed E-state index contributed by atoms with van der Waals surface area (Å²) < 4.78 is 0. The molecule has 110 valence electrons. The maximum absolute atomic E-state index is 11.9. The van der Waals surface area contributed by atoms with Crippen LogP contribution in [-0.2, 0) is 15.3 Å². The first kappa shape index (κ1) is 16.2. The topological polar surface area (TPSA) is 70.2 Å². The molecule has 0 saturated carbocycles. The minimum atomic E-state index is -0.726. The Labute approximate surface area is 120 Å². The number of rotatable bonds is 8. The van der Waals surface area contributed by atoms with Gasteiger partial charge in [0.05, 0.1) is 0 Å². The van der Waals surface area contributed by atoms with Crippen LogP contribution in [-0.4, -0.2) is 19.4 Å². The molecule has 3 N–H and O–H groups in total. The van der Waals surface area contributed by atoms with E-state index < -0.39 is 5.66 Å². The summed E-state index contributed by atoms with van der Waals surface area (Å²) in [6.07, 6.45) is 2.99. The van der Waals surface area contributed by atoms with Crippen molar-refractivity contribution in [2.24, 2.45) is 0 Å². The average Bonchev–Trinajstić information content (AvgIpc) is 2.45. The number of nitrogens with one attached hydrogen (secondary N) is 3. The summed E-state index contributed by atoms with van der Waals surface area (Å²) in [6.45, 7) is 3.89. The molecule has 0 saturated heterocycles. The number of hydrogen-bond acceptors (Lipinski definition) is 3. The molecule has 1 atom stereocenters. The normalized spacial score (nSPS) is 13.3. The first-order valence-electron chi connectivity index (χ1n) is 6.87. The SMILES string of the molecule is CCCCC(=O)Nc1ccccc1C(C)(NC)NC=O. The van der Waals surface area contributed by atoms with Gasteiger partial charge in [-0.15, -0.1) is 0 Å². The summed E-state index contributed by atoms with van der Waals surface area (Å²) >= 11 is 0. The highest BCUT2D eigenvalue weighted by atomic mass is 16.1. The van der Waals surface area contributed by atoms with Crippen molar-refractivity contribution in [3.05, 3.63) is 29.8 Å². The third-order valence-electron chi connectivity index (χ3n) is 3.34. The molecule has 0 radical (unpaired) electrons. The molecule has 0 aliphatic rings. The minimum absolute atomic E-state index is 0.0103. The predicted molar refractivity (Wildman–Crippen MR) is 80.2 cm³/mol. The van der Waals surface area contributed by atoms with E-state index in [1.165, 1.54) is 0 Å². The van der Waals surface area contributed by atoms with Crippen LogP contribution in [0.5, 0.6) is 0 Å². The van der Waals surface area contributed by atoms with Crippen molar-refractivity contribution in [3.8, 4) is 0 Å². The predicted octanol–water partition coefficient (Wildman–Crippen LogP) is 1.95. The van der Waals surface area contributed by atoms with Crippen molar-refractivity contribution < 1.29 is 9.59 Å². The molecule has 0 aliphatic heterocycles. The van der Waals surface area contributed by atoms with E-state index >= 15 is 0 Å². The molecule has 0 spiro atoms. The number of amides is 2. The van der Waals surface area contributed by atoms with E-state index in [4.69, 9.17) is 0 Å². The van der Waals surface area contributed by atoms with Gasteiger partial charge in [-0.1, -0.05) is 31.5 Å². The van der Waals surface area contributed by atoms with E-state index in [1.807, 2.05) is 38.1 Å². The van der Waals surface area contributed by atoms with Crippen LogP contribution in [0.2, 0.25) is 0 Å². The molecule has 2 amide bonds. The highest BCUT2D eigenvalue weighted by Gasteiger charge is 2.26. The Bertz CT molecular complexity index is 462. The molecule has 0 aromatic heterocycles. The zero-order valence-corrected chi connectivity index (χ0v) is 12.3. The monoisotopic (exact) mass is 277 g/mol. The molecule has 0 aliphatic carbocycles. The smallest absolute Gasteiger partial charge is 0.224 e. The first-order chi connectivity index (χ1) is 9.57. The molecule has 5 heteroatoms. The van der Waals surface area contributed by atoms with Gasteiger partial charge in [-0.05, 0) is 26.5 Å². The number of para-hydroxylation sites is 1. The summed E-state index contributed by atoms with van der Waals surface area (Å²) in [5.41, 5.74) is 0.801. The van der Waals surface area contributed by atoms with Crippen molar-refractivity contribution in [2.45, 2.75) is 38.8 Å². The van der Waals surface area contributed by atoms with E-state index in [0.29, 0.717) is 18.5 Å². The number of carbonyl (C=O) groups is 2. The lowest BCUT2D eigenvalue weighted by atomic mass is 9.99. The molecule has 0 fully saturated rings. The van der Waals surface area contributed by atoms with Gasteiger partial charge in [0.2, 0.25) is 12.3 Å². The number of anilines is 1. The summed E-state index contributed by atoms with van der Waals surface area (Å²) in [7, 11) is 1.76. The van der Waals surface area contributed by atoms with Crippen LogP contribution in [0, 0.1) is 0 Å². The number of carbonyl (C=O) groups excluding carboxylic acids is 2. The van der Waals surface area contributed by atoms with Gasteiger partial charge in [0.1, 0.15) is 5.66 Å². The van der Waals surface area contributed by atoms with E-state index in [2.05, 4.69) is 16.0 Å². The second kappa shape index (κ2) is 7.65. The molecule has 1 unspecified atom stereocenters. The maximum atomic E-state index is 11.9. The van der Waals surface area contributed by atoms with Crippen molar-refractivity contribution in [1.82, 2.24) is 10.6 Å². The lowest BCUT2D eigenvalue weighted by Gasteiger charge is -2.31. The Hall–Kier alpha value is -1.88. The third kappa shape index (κ3) is 4.06. The molecular formula is C15H23N3O2. The molecule has 0 bridgehead atoms. The fourth-order valence-electron chi connectivity index (χ4n) is 1.98. The molecule has 20 heavy (non-hydrogen) atoms. The number of unbranched alkanes of at least 4 members (excludes halogenated alkanes) is 1. The fraction of sp³-hybridized carbons (Fsp3) is 0.467. The van der Waals surface area contributed by atoms with Crippen LogP contribution in [0.3, 0.4) is 0 Å². The van der Waals surface area contributed by atoms with Crippen molar-refractivity contribution in [2.75, 3.05) is 12.4 Å². The second-order valence-corrected chi connectivity index (χ2v) is 4.83. The van der Waals surface area contributed by atoms with E-state index in [-0.39, 0.29) is 5.91 Å². The van der Waals surface area contributed by atoms with Crippen molar-refractivity contribution >= 4 is 18.0 Å². The van der Waals surface area contributed by atoms with Crippen molar-refractivity contribution in [3.63, 3.8) is 0 Å². The first-order valence-corrected chi connectivity index (χ1v) is 6.87. The summed E-state index contributed by atoms with van der Waals surface area (Å²) in [5, 5.41) is 8.71. The molecule has 1 aromatic carbocycles. The molecule has 1 rings (SSSR count). The Morgan fingerprint density at radius 1 is 1.35 bits per heavy atom. The van der Waals surface area contributed by atoms with E-state index in [0.717, 1.165) is 18.4 Å². The van der Waals surface area contributed by atoms with E-state index in [1.54, 1.807) is 7.05 Å². The van der Waals surface area contributed by atoms with Gasteiger partial charge in [0.25, 0.3) is 0 Å². The Morgan fingerprint density at radius 3 is 2.65 bits per heavy atom. The zero-order chi connectivity index (χ0) is 15.0. The summed E-state index contributed by atoms with van der Waals surface area (Å²) in [6, 6.07) is 7.44. The Balaban J connectivity index is 2.98. The summed E-state index contributed by atoms with van der Waals surface area (Å²) in [4.78, 5) is 22.7. The van der Waals surface area contributed by atoms with Gasteiger partial charge in [-0.2, -0.15) is 0 Å². The minimum Gasteiger partial charge on any atom is -0.337 e. The fourth-order valence-corrected chi connectivity index (χ4v) is 1.98. The lowest BCUT2D eigenvalue weighted by molar-refractivity contribution is -0.116. The molecule has 1 aromatic rings. The van der Waals surface area contributed by atoms with Crippen LogP contribution < -0.4 is 16.0 Å². The zero-order valence-electron chi connectivity index (χ0n) is 12.3. The van der Waals surface area contributed by atoms with Gasteiger partial charge in [-0.25, -0.2) is 0 Å². The maximum Gasteiger partial charge on any atom is 0.224 e. The van der Waals surface area contributed by atoms with Crippen LogP contribution in [0.15, 0.2) is 24.3 Å². The Kier molecular flexibility index (Phi) is 6.18. The second-order valence-electron chi connectivity index (χ2n) is 4.83. The third-order valence-corrected chi connectivity index (χ3v) is 3.34. The van der Waals surface area contributed by atoms with Crippen LogP contribution >= 0.6 is 0 Å². The van der Waals surface area contributed by atoms with Gasteiger partial charge in [-0.3, -0.25) is 14.9 Å². The highest BCUT2D eigenvalue weighted by Crippen LogP contribution is 2.25. The molecule has 5 nitrogen and oxygen atoms in total. The molecular weight excluding hydrogens is 254 g/mol. The van der Waals surface area contributed by atoms with E-state index in [9.17, 15) is 9.59 Å². The van der Waals surface area contributed by atoms with Crippen LogP contribution in [0.4, 0.5) is 5.69 Å². The highest BCUT2D eigenvalue weighted by molar-refractivity contribution is 5.91. The quantitative estimate of drug-likeness (QED) is 0.502. The number of benzene rings is 1. The van der Waals surface area contributed by atoms with Gasteiger partial charge in [0, 0.05) is 17.7 Å². The van der Waals surface area contributed by atoms with Crippen LogP contribution in [0.25, 0.3) is 0 Å². The van der Waals surface area contributed by atoms with Gasteiger partial charge in [0.15, 0.2) is 0 Å².